The number of pyridine rings is 1. The second-order valence-electron chi connectivity index (χ2n) is 6.90. The van der Waals surface area contributed by atoms with Gasteiger partial charge in [-0.3, -0.25) is 4.79 Å². The number of para-hydroxylation sites is 1. The van der Waals surface area contributed by atoms with Crippen molar-refractivity contribution in [2.24, 2.45) is 0 Å². The highest BCUT2D eigenvalue weighted by molar-refractivity contribution is 6.00. The summed E-state index contributed by atoms with van der Waals surface area (Å²) in [5, 5.41) is 0.0202. The highest BCUT2D eigenvalue weighted by Crippen LogP contribution is 2.30. The van der Waals surface area contributed by atoms with Gasteiger partial charge in [0, 0.05) is 17.0 Å². The van der Waals surface area contributed by atoms with E-state index in [2.05, 4.69) is 4.98 Å². The molecule has 4 aromatic rings. The van der Waals surface area contributed by atoms with E-state index >= 15 is 0 Å². The molecule has 6 nitrogen and oxygen atoms in total. The number of H-pyrrole nitrogens is 1. The SMILES string of the molecule is CCOC(=O)c1c(-c2cccc(Oc3ccccc3)c2)[nH]c2cc(OC)c(F)cc2c1=O. The van der Waals surface area contributed by atoms with Crippen LogP contribution in [0, 0.1) is 5.82 Å². The summed E-state index contributed by atoms with van der Waals surface area (Å²) in [5.41, 5.74) is 0.256. The summed E-state index contributed by atoms with van der Waals surface area (Å²) in [6.07, 6.45) is 0. The molecule has 7 heteroatoms. The minimum absolute atomic E-state index is 0.0202. The van der Waals surface area contributed by atoms with Crippen LogP contribution in [0.4, 0.5) is 4.39 Å². The lowest BCUT2D eigenvalue weighted by atomic mass is 10.0. The number of aromatic nitrogens is 1. The van der Waals surface area contributed by atoms with Crippen molar-refractivity contribution in [3.05, 3.63) is 88.3 Å². The molecule has 1 aromatic heterocycles. The molecule has 0 aliphatic carbocycles. The standard InChI is InChI=1S/C25H20FNO5/c1-3-31-25(29)22-23(27-20-14-21(30-2)19(26)13-18(20)24(22)28)15-8-7-11-17(12-15)32-16-9-5-4-6-10-16/h4-14H,3H2,1-2H3,(H,27,28). The van der Waals surface area contributed by atoms with E-state index in [1.165, 1.54) is 13.2 Å². The zero-order chi connectivity index (χ0) is 22.7. The number of carbonyl (C=O) groups is 1. The largest absolute Gasteiger partial charge is 0.494 e. The minimum atomic E-state index is -0.795. The first-order valence-electron chi connectivity index (χ1n) is 9.95. The summed E-state index contributed by atoms with van der Waals surface area (Å²) in [4.78, 5) is 29.0. The topological polar surface area (TPSA) is 77.6 Å². The Labute approximate surface area is 183 Å². The summed E-state index contributed by atoms with van der Waals surface area (Å²) in [6, 6.07) is 18.6. The molecule has 0 amide bonds. The lowest BCUT2D eigenvalue weighted by Gasteiger charge is -2.13. The molecule has 0 spiro atoms. The third kappa shape index (κ3) is 4.05. The van der Waals surface area contributed by atoms with E-state index in [9.17, 15) is 14.0 Å². The quantitative estimate of drug-likeness (QED) is 0.417. The zero-order valence-electron chi connectivity index (χ0n) is 17.5. The number of fused-ring (bicyclic) bond motifs is 1. The Morgan fingerprint density at radius 2 is 1.75 bits per heavy atom. The number of aromatic amines is 1. The predicted molar refractivity (Wildman–Crippen MR) is 119 cm³/mol. The van der Waals surface area contributed by atoms with E-state index in [4.69, 9.17) is 14.2 Å². The van der Waals surface area contributed by atoms with Gasteiger partial charge in [0.05, 0.1) is 24.9 Å². The van der Waals surface area contributed by atoms with E-state index in [-0.39, 0.29) is 29.0 Å². The van der Waals surface area contributed by atoms with Crippen molar-refractivity contribution >= 4 is 16.9 Å². The summed E-state index contributed by atoms with van der Waals surface area (Å²) < 4.78 is 30.3. The molecule has 0 unspecified atom stereocenters. The van der Waals surface area contributed by atoms with Crippen LogP contribution in [0.1, 0.15) is 17.3 Å². The van der Waals surface area contributed by atoms with Crippen LogP contribution in [-0.2, 0) is 4.74 Å². The number of hydrogen-bond donors (Lipinski definition) is 1. The minimum Gasteiger partial charge on any atom is -0.494 e. The third-order valence-electron chi connectivity index (χ3n) is 4.85. The average Bonchev–Trinajstić information content (AvgIpc) is 2.80. The molecule has 0 atom stereocenters. The molecule has 162 valence electrons. The Kier molecular flexibility index (Phi) is 5.89. The van der Waals surface area contributed by atoms with E-state index in [1.54, 1.807) is 31.2 Å². The molecular formula is C25H20FNO5. The number of rotatable bonds is 6. The summed E-state index contributed by atoms with van der Waals surface area (Å²) in [6.45, 7) is 1.73. The molecule has 32 heavy (non-hydrogen) atoms. The van der Waals surface area contributed by atoms with Gasteiger partial charge in [-0.2, -0.15) is 0 Å². The van der Waals surface area contributed by atoms with Crippen molar-refractivity contribution in [3.63, 3.8) is 0 Å². The van der Waals surface area contributed by atoms with Gasteiger partial charge in [-0.25, -0.2) is 9.18 Å². The molecule has 1 heterocycles. The van der Waals surface area contributed by atoms with Crippen molar-refractivity contribution in [2.45, 2.75) is 6.92 Å². The predicted octanol–water partition coefficient (Wildman–Crippen LogP) is 5.31. The lowest BCUT2D eigenvalue weighted by Crippen LogP contribution is -2.20. The van der Waals surface area contributed by atoms with Crippen LogP contribution in [0.3, 0.4) is 0 Å². The second-order valence-corrected chi connectivity index (χ2v) is 6.90. The maximum atomic E-state index is 14.3. The van der Waals surface area contributed by atoms with E-state index in [1.807, 2.05) is 30.3 Å². The number of ether oxygens (including phenoxy) is 3. The molecule has 0 bridgehead atoms. The smallest absolute Gasteiger partial charge is 0.344 e. The summed E-state index contributed by atoms with van der Waals surface area (Å²) >= 11 is 0. The molecule has 1 N–H and O–H groups in total. The van der Waals surface area contributed by atoms with E-state index < -0.39 is 17.2 Å². The first-order valence-corrected chi connectivity index (χ1v) is 9.95. The van der Waals surface area contributed by atoms with Gasteiger partial charge in [0.15, 0.2) is 11.6 Å². The molecule has 0 saturated heterocycles. The fourth-order valence-corrected chi connectivity index (χ4v) is 3.40. The zero-order valence-corrected chi connectivity index (χ0v) is 17.5. The normalized spacial score (nSPS) is 10.7. The number of halogens is 1. The summed E-state index contributed by atoms with van der Waals surface area (Å²) in [7, 11) is 1.33. The molecular weight excluding hydrogens is 413 g/mol. The summed E-state index contributed by atoms with van der Waals surface area (Å²) in [5.74, 6) is -0.365. The van der Waals surface area contributed by atoms with E-state index in [0.29, 0.717) is 22.6 Å². The Hall–Kier alpha value is -4.13. The third-order valence-corrected chi connectivity index (χ3v) is 4.85. The maximum Gasteiger partial charge on any atom is 0.344 e. The van der Waals surface area contributed by atoms with Crippen molar-refractivity contribution in [1.29, 1.82) is 0 Å². The van der Waals surface area contributed by atoms with Crippen LogP contribution < -0.4 is 14.9 Å². The molecule has 0 aliphatic heterocycles. The van der Waals surface area contributed by atoms with Crippen LogP contribution in [-0.4, -0.2) is 24.7 Å². The van der Waals surface area contributed by atoms with Crippen LogP contribution in [0.2, 0.25) is 0 Å². The van der Waals surface area contributed by atoms with Gasteiger partial charge >= 0.3 is 5.97 Å². The van der Waals surface area contributed by atoms with Crippen LogP contribution >= 0.6 is 0 Å². The highest BCUT2D eigenvalue weighted by atomic mass is 19.1. The second kappa shape index (κ2) is 8.93. The van der Waals surface area contributed by atoms with Gasteiger partial charge < -0.3 is 19.2 Å². The average molecular weight is 433 g/mol. The first kappa shape index (κ1) is 21.1. The van der Waals surface area contributed by atoms with Crippen LogP contribution in [0.25, 0.3) is 22.2 Å². The molecule has 3 aromatic carbocycles. The number of hydrogen-bond acceptors (Lipinski definition) is 5. The van der Waals surface area contributed by atoms with Crippen molar-refractivity contribution in [1.82, 2.24) is 4.98 Å². The van der Waals surface area contributed by atoms with Gasteiger partial charge in [0.2, 0.25) is 5.43 Å². The number of nitrogens with one attached hydrogen (secondary N) is 1. The number of esters is 1. The monoisotopic (exact) mass is 433 g/mol. The molecule has 0 aliphatic rings. The molecule has 0 saturated carbocycles. The maximum absolute atomic E-state index is 14.3. The fourth-order valence-electron chi connectivity index (χ4n) is 3.40. The van der Waals surface area contributed by atoms with Crippen molar-refractivity contribution < 1.29 is 23.4 Å². The molecule has 0 radical (unpaired) electrons. The van der Waals surface area contributed by atoms with Gasteiger partial charge in [0.1, 0.15) is 17.1 Å². The Balaban J connectivity index is 1.91. The number of methoxy groups -OCH3 is 1. The number of carbonyl (C=O) groups excluding carboxylic acids is 1. The van der Waals surface area contributed by atoms with Gasteiger partial charge in [-0.1, -0.05) is 30.3 Å². The van der Waals surface area contributed by atoms with E-state index in [0.717, 1.165) is 6.07 Å². The van der Waals surface area contributed by atoms with Crippen LogP contribution in [0.5, 0.6) is 17.2 Å². The Bertz CT molecular complexity index is 1350. The Morgan fingerprint density at radius 1 is 1.00 bits per heavy atom. The van der Waals surface area contributed by atoms with Gasteiger partial charge in [0.25, 0.3) is 0 Å². The van der Waals surface area contributed by atoms with Gasteiger partial charge in [-0.05, 0) is 37.3 Å². The molecule has 0 fully saturated rings. The van der Waals surface area contributed by atoms with Crippen molar-refractivity contribution in [2.75, 3.05) is 13.7 Å². The van der Waals surface area contributed by atoms with Crippen molar-refractivity contribution in [3.8, 4) is 28.5 Å². The first-order chi connectivity index (χ1) is 15.5. The Morgan fingerprint density at radius 3 is 2.47 bits per heavy atom. The molecule has 4 rings (SSSR count). The highest BCUT2D eigenvalue weighted by Gasteiger charge is 2.23. The van der Waals surface area contributed by atoms with Crippen LogP contribution in [0.15, 0.2) is 71.5 Å². The fraction of sp³-hybridized carbons (Fsp3) is 0.120. The number of benzene rings is 3. The van der Waals surface area contributed by atoms with Gasteiger partial charge in [-0.15, -0.1) is 0 Å². The lowest BCUT2D eigenvalue weighted by molar-refractivity contribution is 0.0525.